The quantitative estimate of drug-likeness (QED) is 0.712. The molecular formula is C24H28ClFN2O2. The Bertz CT molecular complexity index is 922. The van der Waals surface area contributed by atoms with Crippen molar-refractivity contribution in [3.63, 3.8) is 0 Å². The summed E-state index contributed by atoms with van der Waals surface area (Å²) in [5.74, 6) is -0.289. The monoisotopic (exact) mass is 430 g/mol. The molecule has 30 heavy (non-hydrogen) atoms. The maximum absolute atomic E-state index is 13.1. The Hall–Kier alpha value is -2.21. The number of benzene rings is 2. The van der Waals surface area contributed by atoms with Crippen molar-refractivity contribution in [3.8, 4) is 0 Å². The number of amides is 1. The number of aliphatic hydroxyl groups is 1. The summed E-state index contributed by atoms with van der Waals surface area (Å²) >= 11 is 6.07. The molecule has 0 saturated carbocycles. The maximum Gasteiger partial charge on any atom is 0.246 e. The average molecular weight is 431 g/mol. The molecule has 6 heteroatoms. The molecule has 1 saturated heterocycles. The minimum atomic E-state index is -1.06. The number of hydrogen-bond acceptors (Lipinski definition) is 3. The lowest BCUT2D eigenvalue weighted by Gasteiger charge is -2.39. The molecule has 1 unspecified atom stereocenters. The highest BCUT2D eigenvalue weighted by Gasteiger charge is 2.26. The average Bonchev–Trinajstić information content (AvgIpc) is 2.68. The van der Waals surface area contributed by atoms with Crippen LogP contribution in [-0.2, 0) is 16.9 Å². The Kier molecular flexibility index (Phi) is 6.96. The van der Waals surface area contributed by atoms with Crippen molar-refractivity contribution >= 4 is 23.6 Å². The van der Waals surface area contributed by atoms with Crippen molar-refractivity contribution < 1.29 is 14.3 Å². The third-order valence-electron chi connectivity index (χ3n) is 5.39. The van der Waals surface area contributed by atoms with Crippen LogP contribution in [0, 0.1) is 5.82 Å². The molecule has 0 aliphatic carbocycles. The molecule has 1 aliphatic heterocycles. The fraction of sp³-hybridized carbons (Fsp3) is 0.375. The topological polar surface area (TPSA) is 43.8 Å². The van der Waals surface area contributed by atoms with Crippen molar-refractivity contribution in [1.82, 2.24) is 9.80 Å². The Morgan fingerprint density at radius 2 is 1.93 bits per heavy atom. The molecule has 2 aromatic rings. The second-order valence-corrected chi connectivity index (χ2v) is 8.80. The van der Waals surface area contributed by atoms with Gasteiger partial charge in [-0.2, -0.15) is 0 Å². The highest BCUT2D eigenvalue weighted by atomic mass is 35.5. The molecule has 1 fully saturated rings. The third kappa shape index (κ3) is 5.69. The van der Waals surface area contributed by atoms with Gasteiger partial charge in [-0.15, -0.1) is 0 Å². The first kappa shape index (κ1) is 22.5. The van der Waals surface area contributed by atoms with Crippen LogP contribution in [0.3, 0.4) is 0 Å². The van der Waals surface area contributed by atoms with Crippen LogP contribution in [0.4, 0.5) is 4.39 Å². The van der Waals surface area contributed by atoms with E-state index in [2.05, 4.69) is 4.90 Å². The van der Waals surface area contributed by atoms with Crippen molar-refractivity contribution in [2.75, 3.05) is 19.6 Å². The van der Waals surface area contributed by atoms with Gasteiger partial charge >= 0.3 is 0 Å². The first-order valence-electron chi connectivity index (χ1n) is 10.1. The van der Waals surface area contributed by atoms with E-state index >= 15 is 0 Å². The van der Waals surface area contributed by atoms with Gasteiger partial charge in [-0.1, -0.05) is 29.8 Å². The van der Waals surface area contributed by atoms with E-state index in [9.17, 15) is 14.3 Å². The molecule has 1 N–H and O–H groups in total. The minimum Gasteiger partial charge on any atom is -0.386 e. The standard InChI is InChI=1S/C24H28ClFN2O2/c1-17-15-27(16-18-4-9-21(26)10-5-18)12-13-28(17)23(29)11-7-19-6-8-20(25)14-22(19)24(2,3)30/h4-11,14,17,30H,12-13,15-16H2,1-3H3/b11-7+. The molecule has 1 atom stereocenters. The number of carbonyl (C=O) groups excluding carboxylic acids is 1. The van der Waals surface area contributed by atoms with Crippen LogP contribution in [0.15, 0.2) is 48.5 Å². The van der Waals surface area contributed by atoms with Crippen LogP contribution in [0.5, 0.6) is 0 Å². The SMILES string of the molecule is CC1CN(Cc2ccc(F)cc2)CCN1C(=O)/C=C/c1ccc(Cl)cc1C(C)(C)O. The van der Waals surface area contributed by atoms with Gasteiger partial charge in [0.2, 0.25) is 5.91 Å². The Morgan fingerprint density at radius 1 is 1.23 bits per heavy atom. The van der Waals surface area contributed by atoms with Crippen molar-refractivity contribution in [2.45, 2.75) is 39.0 Å². The summed E-state index contributed by atoms with van der Waals surface area (Å²) in [6.07, 6.45) is 3.30. The zero-order valence-electron chi connectivity index (χ0n) is 17.6. The highest BCUT2D eigenvalue weighted by molar-refractivity contribution is 6.30. The van der Waals surface area contributed by atoms with Crippen LogP contribution in [0.1, 0.15) is 37.5 Å². The summed E-state index contributed by atoms with van der Waals surface area (Å²) in [5, 5.41) is 10.9. The highest BCUT2D eigenvalue weighted by Crippen LogP contribution is 2.28. The van der Waals surface area contributed by atoms with E-state index in [1.54, 1.807) is 50.3 Å². The van der Waals surface area contributed by atoms with E-state index < -0.39 is 5.60 Å². The number of halogens is 2. The Morgan fingerprint density at radius 3 is 2.57 bits per heavy atom. The minimum absolute atomic E-state index is 0.0550. The molecule has 3 rings (SSSR count). The van der Waals surface area contributed by atoms with E-state index in [0.717, 1.165) is 30.8 Å². The molecule has 0 aromatic heterocycles. The van der Waals surface area contributed by atoms with Gasteiger partial charge in [0.05, 0.1) is 5.60 Å². The van der Waals surface area contributed by atoms with Crippen LogP contribution >= 0.6 is 11.6 Å². The van der Waals surface area contributed by atoms with Crippen molar-refractivity contribution in [1.29, 1.82) is 0 Å². The molecule has 4 nitrogen and oxygen atoms in total. The van der Waals surface area contributed by atoms with Crippen LogP contribution < -0.4 is 0 Å². The van der Waals surface area contributed by atoms with Crippen LogP contribution in [-0.4, -0.2) is 46.5 Å². The lowest BCUT2D eigenvalue weighted by Crippen LogP contribution is -2.53. The Balaban J connectivity index is 1.64. The number of rotatable bonds is 5. The summed E-state index contributed by atoms with van der Waals surface area (Å²) in [5.41, 5.74) is 1.44. The summed E-state index contributed by atoms with van der Waals surface area (Å²) in [7, 11) is 0. The van der Waals surface area contributed by atoms with E-state index in [4.69, 9.17) is 11.6 Å². The van der Waals surface area contributed by atoms with Gasteiger partial charge in [0, 0.05) is 43.3 Å². The lowest BCUT2D eigenvalue weighted by molar-refractivity contribution is -0.130. The molecule has 160 valence electrons. The second-order valence-electron chi connectivity index (χ2n) is 8.37. The summed E-state index contributed by atoms with van der Waals surface area (Å²) in [6.45, 7) is 8.31. The first-order chi connectivity index (χ1) is 14.1. The number of piperazine rings is 1. The van der Waals surface area contributed by atoms with Gasteiger partial charge in [0.1, 0.15) is 5.82 Å². The molecular weight excluding hydrogens is 403 g/mol. The molecule has 1 amide bonds. The fourth-order valence-electron chi connectivity index (χ4n) is 3.81. The van der Waals surface area contributed by atoms with E-state index in [1.165, 1.54) is 12.1 Å². The summed E-state index contributed by atoms with van der Waals surface area (Å²) in [4.78, 5) is 16.9. The van der Waals surface area contributed by atoms with Gasteiger partial charge in [-0.05, 0) is 67.8 Å². The van der Waals surface area contributed by atoms with Crippen molar-refractivity contribution in [2.24, 2.45) is 0 Å². The zero-order chi connectivity index (χ0) is 21.9. The van der Waals surface area contributed by atoms with Gasteiger partial charge in [-0.3, -0.25) is 9.69 Å². The smallest absolute Gasteiger partial charge is 0.246 e. The van der Waals surface area contributed by atoms with E-state index in [-0.39, 0.29) is 17.8 Å². The number of nitrogens with zero attached hydrogens (tertiary/aromatic N) is 2. The Labute approximate surface area is 182 Å². The number of carbonyl (C=O) groups is 1. The van der Waals surface area contributed by atoms with Gasteiger partial charge in [-0.25, -0.2) is 4.39 Å². The second kappa shape index (κ2) is 9.29. The predicted molar refractivity (Wildman–Crippen MR) is 119 cm³/mol. The molecule has 2 aromatic carbocycles. The normalized spacial score (nSPS) is 18.2. The first-order valence-corrected chi connectivity index (χ1v) is 10.5. The van der Waals surface area contributed by atoms with Crippen LogP contribution in [0.25, 0.3) is 6.08 Å². The molecule has 1 heterocycles. The fourth-order valence-corrected chi connectivity index (χ4v) is 3.98. The van der Waals surface area contributed by atoms with Crippen LogP contribution in [0.2, 0.25) is 5.02 Å². The molecule has 0 radical (unpaired) electrons. The van der Waals surface area contributed by atoms with Gasteiger partial charge in [0.15, 0.2) is 0 Å². The number of hydrogen-bond donors (Lipinski definition) is 1. The van der Waals surface area contributed by atoms with E-state index in [1.807, 2.05) is 17.9 Å². The molecule has 0 bridgehead atoms. The van der Waals surface area contributed by atoms with Gasteiger partial charge in [0.25, 0.3) is 0 Å². The lowest BCUT2D eigenvalue weighted by atomic mass is 9.93. The van der Waals surface area contributed by atoms with E-state index in [0.29, 0.717) is 17.1 Å². The van der Waals surface area contributed by atoms with Crippen molar-refractivity contribution in [3.05, 3.63) is 76.1 Å². The zero-order valence-corrected chi connectivity index (χ0v) is 18.4. The maximum atomic E-state index is 13.1. The predicted octanol–water partition coefficient (Wildman–Crippen LogP) is 4.45. The summed E-state index contributed by atoms with van der Waals surface area (Å²) < 4.78 is 13.1. The van der Waals surface area contributed by atoms with Gasteiger partial charge < -0.3 is 10.0 Å². The largest absolute Gasteiger partial charge is 0.386 e. The molecule has 1 aliphatic rings. The summed E-state index contributed by atoms with van der Waals surface area (Å²) in [6, 6.07) is 11.9. The third-order valence-corrected chi connectivity index (χ3v) is 5.63. The molecule has 0 spiro atoms.